The van der Waals surface area contributed by atoms with E-state index in [1.165, 1.54) is 22.5 Å². The number of nitrogens with zero attached hydrogens (tertiary/aromatic N) is 1. The van der Waals surface area contributed by atoms with Crippen molar-refractivity contribution in [2.24, 2.45) is 0 Å². The van der Waals surface area contributed by atoms with Crippen LogP contribution in [0.5, 0.6) is 0 Å². The van der Waals surface area contributed by atoms with Gasteiger partial charge in [0.25, 0.3) is 5.91 Å². The maximum absolute atomic E-state index is 12.2. The number of hydrogen-bond donors (Lipinski definition) is 2. The fraction of sp³-hybridized carbons (Fsp3) is 0.136. The van der Waals surface area contributed by atoms with Crippen LogP contribution in [0, 0.1) is 20.8 Å². The quantitative estimate of drug-likeness (QED) is 0.421. The second kappa shape index (κ2) is 7.77. The maximum atomic E-state index is 12.2. The van der Waals surface area contributed by atoms with E-state index < -0.39 is 0 Å². The molecule has 0 bridgehead atoms. The van der Waals surface area contributed by atoms with Crippen molar-refractivity contribution in [3.8, 4) is 11.5 Å². The van der Waals surface area contributed by atoms with Crippen LogP contribution < -0.4 is 10.6 Å². The van der Waals surface area contributed by atoms with Gasteiger partial charge in [-0.15, -0.1) is 11.3 Å². The number of thiocarbonyl (C=S) groups is 1. The first-order valence-corrected chi connectivity index (χ1v) is 10.3. The summed E-state index contributed by atoms with van der Waals surface area (Å²) in [4.78, 5) is 17.4. The molecule has 0 aliphatic heterocycles. The number of fused-ring (bicyclic) bond motifs is 1. The fourth-order valence-corrected chi connectivity index (χ4v) is 3.85. The standard InChI is InChI=1S/C22H19N3O2S2/c1-12-10-17-18(11-13(12)2)27-21(23-17)15-6-4-7-16(14(15)3)24-22(28)25-20(26)19-8-5-9-29-19/h4-11H,1-3H3,(H2,24,25,26,28). The summed E-state index contributed by atoms with van der Waals surface area (Å²) < 4.78 is 6.00. The Hall–Kier alpha value is -3.03. The second-order valence-corrected chi connectivity index (χ2v) is 8.14. The van der Waals surface area contributed by atoms with Crippen LogP contribution in [0.1, 0.15) is 26.4 Å². The molecule has 2 heterocycles. The molecule has 0 saturated heterocycles. The summed E-state index contributed by atoms with van der Waals surface area (Å²) in [5.41, 5.74) is 6.53. The highest BCUT2D eigenvalue weighted by Gasteiger charge is 2.15. The highest BCUT2D eigenvalue weighted by atomic mass is 32.1. The van der Waals surface area contributed by atoms with Crippen molar-refractivity contribution >= 4 is 51.4 Å². The summed E-state index contributed by atoms with van der Waals surface area (Å²) in [6, 6.07) is 13.4. The Kier molecular flexibility index (Phi) is 5.17. The lowest BCUT2D eigenvalue weighted by atomic mass is 10.1. The van der Waals surface area contributed by atoms with Gasteiger partial charge in [0.2, 0.25) is 5.89 Å². The van der Waals surface area contributed by atoms with Gasteiger partial charge in [-0.1, -0.05) is 12.1 Å². The lowest BCUT2D eigenvalue weighted by Crippen LogP contribution is -2.33. The Labute approximate surface area is 177 Å². The summed E-state index contributed by atoms with van der Waals surface area (Å²) in [7, 11) is 0. The third kappa shape index (κ3) is 3.92. The Morgan fingerprint density at radius 1 is 1.10 bits per heavy atom. The van der Waals surface area contributed by atoms with Gasteiger partial charge in [0.15, 0.2) is 10.7 Å². The zero-order chi connectivity index (χ0) is 20.5. The van der Waals surface area contributed by atoms with E-state index >= 15 is 0 Å². The maximum Gasteiger partial charge on any atom is 0.267 e. The van der Waals surface area contributed by atoms with Crippen LogP contribution in [0.2, 0.25) is 0 Å². The molecule has 2 N–H and O–H groups in total. The number of amides is 1. The van der Waals surface area contributed by atoms with Crippen LogP contribution in [0.3, 0.4) is 0 Å². The predicted molar refractivity (Wildman–Crippen MR) is 122 cm³/mol. The summed E-state index contributed by atoms with van der Waals surface area (Å²) in [6.45, 7) is 6.08. The molecule has 146 valence electrons. The highest BCUT2D eigenvalue weighted by Crippen LogP contribution is 2.31. The third-order valence-electron chi connectivity index (χ3n) is 4.79. The molecule has 0 aliphatic carbocycles. The largest absolute Gasteiger partial charge is 0.436 e. The van der Waals surface area contributed by atoms with E-state index in [0.717, 1.165) is 27.9 Å². The minimum absolute atomic E-state index is 0.226. The van der Waals surface area contributed by atoms with Crippen molar-refractivity contribution in [2.75, 3.05) is 5.32 Å². The van der Waals surface area contributed by atoms with Crippen LogP contribution in [-0.4, -0.2) is 16.0 Å². The molecule has 0 radical (unpaired) electrons. The molecule has 7 heteroatoms. The van der Waals surface area contributed by atoms with Crippen molar-refractivity contribution < 1.29 is 9.21 Å². The molecule has 0 fully saturated rings. The SMILES string of the molecule is Cc1cc2nc(-c3cccc(NC(=S)NC(=O)c4cccs4)c3C)oc2cc1C. The van der Waals surface area contributed by atoms with Crippen molar-refractivity contribution in [2.45, 2.75) is 20.8 Å². The van der Waals surface area contributed by atoms with Crippen molar-refractivity contribution in [1.29, 1.82) is 0 Å². The van der Waals surface area contributed by atoms with Crippen LogP contribution in [0.4, 0.5) is 5.69 Å². The number of oxazole rings is 1. The number of aromatic nitrogens is 1. The van der Waals surface area contributed by atoms with Crippen LogP contribution in [-0.2, 0) is 0 Å². The van der Waals surface area contributed by atoms with Crippen molar-refractivity contribution in [1.82, 2.24) is 10.3 Å². The average molecular weight is 422 g/mol. The normalized spacial score (nSPS) is 10.9. The number of anilines is 1. The van der Waals surface area contributed by atoms with Gasteiger partial charge >= 0.3 is 0 Å². The Morgan fingerprint density at radius 3 is 2.66 bits per heavy atom. The van der Waals surface area contributed by atoms with Crippen LogP contribution in [0.15, 0.2) is 52.3 Å². The van der Waals surface area contributed by atoms with Gasteiger partial charge in [-0.05, 0) is 85.4 Å². The molecule has 4 aromatic rings. The number of benzene rings is 2. The van der Waals surface area contributed by atoms with Gasteiger partial charge < -0.3 is 9.73 Å². The van der Waals surface area contributed by atoms with E-state index in [4.69, 9.17) is 16.6 Å². The zero-order valence-electron chi connectivity index (χ0n) is 16.2. The first-order valence-electron chi connectivity index (χ1n) is 9.06. The average Bonchev–Trinajstić information content (AvgIpc) is 3.34. The summed E-state index contributed by atoms with van der Waals surface area (Å²) in [5, 5.41) is 7.90. The Bertz CT molecular complexity index is 1190. The zero-order valence-corrected chi connectivity index (χ0v) is 17.8. The van der Waals surface area contributed by atoms with Crippen LogP contribution >= 0.6 is 23.6 Å². The molecular formula is C22H19N3O2S2. The number of carbonyl (C=O) groups excluding carboxylic acids is 1. The minimum atomic E-state index is -0.226. The second-order valence-electron chi connectivity index (χ2n) is 6.79. The predicted octanol–water partition coefficient (Wildman–Crippen LogP) is 5.61. The molecule has 2 aromatic heterocycles. The van der Waals surface area contributed by atoms with E-state index in [9.17, 15) is 4.79 Å². The molecule has 0 unspecified atom stereocenters. The lowest BCUT2D eigenvalue weighted by Gasteiger charge is -2.13. The summed E-state index contributed by atoms with van der Waals surface area (Å²) in [6.07, 6.45) is 0. The van der Waals surface area contributed by atoms with Crippen molar-refractivity contribution in [3.63, 3.8) is 0 Å². The summed E-state index contributed by atoms with van der Waals surface area (Å²) >= 11 is 6.68. The number of aryl methyl sites for hydroxylation is 2. The van der Waals surface area contributed by atoms with Gasteiger partial charge in [-0.25, -0.2) is 4.98 Å². The fourth-order valence-electron chi connectivity index (χ4n) is 3.02. The number of rotatable bonds is 3. The molecular weight excluding hydrogens is 402 g/mol. The van der Waals surface area contributed by atoms with E-state index in [0.29, 0.717) is 10.8 Å². The Morgan fingerprint density at radius 2 is 1.90 bits per heavy atom. The number of nitrogens with one attached hydrogen (secondary N) is 2. The third-order valence-corrected chi connectivity index (χ3v) is 5.86. The van der Waals surface area contributed by atoms with E-state index in [1.807, 2.05) is 48.7 Å². The molecule has 1 amide bonds. The van der Waals surface area contributed by atoms with Gasteiger partial charge in [-0.3, -0.25) is 10.1 Å². The smallest absolute Gasteiger partial charge is 0.267 e. The number of carbonyl (C=O) groups is 1. The highest BCUT2D eigenvalue weighted by molar-refractivity contribution is 7.80. The van der Waals surface area contributed by atoms with E-state index in [-0.39, 0.29) is 11.0 Å². The topological polar surface area (TPSA) is 67.2 Å². The molecule has 0 atom stereocenters. The molecule has 4 rings (SSSR count). The number of thiophene rings is 1. The molecule has 5 nitrogen and oxygen atoms in total. The Balaban J connectivity index is 1.59. The van der Waals surface area contributed by atoms with Gasteiger partial charge in [0.1, 0.15) is 5.52 Å². The molecule has 0 spiro atoms. The first-order chi connectivity index (χ1) is 13.9. The van der Waals surface area contributed by atoms with Gasteiger partial charge in [0, 0.05) is 11.3 Å². The first kappa shape index (κ1) is 19.3. The van der Waals surface area contributed by atoms with Gasteiger partial charge in [0.05, 0.1) is 4.88 Å². The molecule has 29 heavy (non-hydrogen) atoms. The minimum Gasteiger partial charge on any atom is -0.436 e. The van der Waals surface area contributed by atoms with Crippen molar-refractivity contribution in [3.05, 3.63) is 69.4 Å². The molecule has 0 saturated carbocycles. The monoisotopic (exact) mass is 421 g/mol. The number of hydrogen-bond acceptors (Lipinski definition) is 5. The van der Waals surface area contributed by atoms with Crippen LogP contribution in [0.25, 0.3) is 22.6 Å². The lowest BCUT2D eigenvalue weighted by molar-refractivity contribution is 0.0981. The van der Waals surface area contributed by atoms with E-state index in [2.05, 4.69) is 29.5 Å². The molecule has 0 aliphatic rings. The molecule has 2 aromatic carbocycles. The van der Waals surface area contributed by atoms with Gasteiger partial charge in [-0.2, -0.15) is 0 Å². The van der Waals surface area contributed by atoms with E-state index in [1.54, 1.807) is 6.07 Å². The summed E-state index contributed by atoms with van der Waals surface area (Å²) in [5.74, 6) is 0.329.